The summed E-state index contributed by atoms with van der Waals surface area (Å²) in [5.41, 5.74) is 0.218. The Hall–Kier alpha value is -1.81. The molecule has 112 valence electrons. The highest BCUT2D eigenvalue weighted by Gasteiger charge is 2.35. The topological polar surface area (TPSA) is 12.0 Å². The minimum absolute atomic E-state index is 0.146. The molecule has 2 aromatic rings. The lowest BCUT2D eigenvalue weighted by Crippen LogP contribution is -2.37. The number of hydrogen-bond acceptors (Lipinski definition) is 1. The van der Waals surface area contributed by atoms with E-state index in [1.807, 2.05) is 44.2 Å². The van der Waals surface area contributed by atoms with E-state index in [0.717, 1.165) is 5.56 Å². The highest BCUT2D eigenvalue weighted by atomic mass is 19.1. The summed E-state index contributed by atoms with van der Waals surface area (Å²) in [5.74, 6) is -2.67. The molecule has 0 spiro atoms. The van der Waals surface area contributed by atoms with Crippen molar-refractivity contribution in [1.82, 2.24) is 5.32 Å². The third kappa shape index (κ3) is 2.95. The van der Waals surface area contributed by atoms with E-state index in [2.05, 4.69) is 5.32 Å². The summed E-state index contributed by atoms with van der Waals surface area (Å²) in [4.78, 5) is 0. The van der Waals surface area contributed by atoms with Crippen molar-refractivity contribution in [3.63, 3.8) is 0 Å². The first-order valence-electron chi connectivity index (χ1n) is 6.75. The maximum atomic E-state index is 14.1. The molecule has 0 aliphatic heterocycles. The Labute approximate surface area is 122 Å². The fourth-order valence-corrected chi connectivity index (χ4v) is 2.73. The second-order valence-electron chi connectivity index (χ2n) is 5.59. The summed E-state index contributed by atoms with van der Waals surface area (Å²) in [5, 5.41) is 2.96. The smallest absolute Gasteiger partial charge is 0.133 e. The van der Waals surface area contributed by atoms with E-state index in [-0.39, 0.29) is 5.56 Å². The molecule has 1 unspecified atom stereocenters. The molecule has 0 amide bonds. The van der Waals surface area contributed by atoms with Crippen LogP contribution in [0.15, 0.2) is 42.5 Å². The molecular weight excluding hydrogens is 275 g/mol. The van der Waals surface area contributed by atoms with Gasteiger partial charge >= 0.3 is 0 Å². The molecule has 2 rings (SSSR count). The van der Waals surface area contributed by atoms with Gasteiger partial charge in [-0.2, -0.15) is 0 Å². The monoisotopic (exact) mass is 293 g/mol. The maximum absolute atomic E-state index is 14.1. The first-order valence-corrected chi connectivity index (χ1v) is 6.75. The third-order valence-corrected chi connectivity index (χ3v) is 3.86. The molecule has 1 atom stereocenters. The molecular formula is C17H18F3N. The first-order chi connectivity index (χ1) is 9.87. The van der Waals surface area contributed by atoms with Crippen LogP contribution in [0.4, 0.5) is 13.2 Å². The highest BCUT2D eigenvalue weighted by molar-refractivity contribution is 5.33. The molecule has 0 radical (unpaired) electrons. The van der Waals surface area contributed by atoms with Crippen LogP contribution in [-0.4, -0.2) is 7.05 Å². The summed E-state index contributed by atoms with van der Waals surface area (Å²) in [6, 6.07) is 10.2. The quantitative estimate of drug-likeness (QED) is 0.884. The van der Waals surface area contributed by atoms with Crippen LogP contribution in [0.3, 0.4) is 0 Å². The average Bonchev–Trinajstić information content (AvgIpc) is 2.43. The van der Waals surface area contributed by atoms with Gasteiger partial charge in [0.15, 0.2) is 0 Å². The zero-order chi connectivity index (χ0) is 15.6. The second-order valence-corrected chi connectivity index (χ2v) is 5.59. The van der Waals surface area contributed by atoms with Gasteiger partial charge in [-0.1, -0.05) is 44.2 Å². The van der Waals surface area contributed by atoms with Crippen molar-refractivity contribution in [2.24, 2.45) is 0 Å². The summed E-state index contributed by atoms with van der Waals surface area (Å²) in [7, 11) is 1.64. The average molecular weight is 293 g/mol. The van der Waals surface area contributed by atoms with Crippen molar-refractivity contribution in [3.05, 3.63) is 71.0 Å². The minimum Gasteiger partial charge on any atom is -0.312 e. The largest absolute Gasteiger partial charge is 0.312 e. The van der Waals surface area contributed by atoms with Gasteiger partial charge in [-0.05, 0) is 12.6 Å². The van der Waals surface area contributed by atoms with Crippen LogP contribution < -0.4 is 5.32 Å². The number of rotatable bonds is 4. The fraction of sp³-hybridized carbons (Fsp3) is 0.294. The molecule has 0 aromatic heterocycles. The molecule has 1 nitrogen and oxygen atoms in total. The summed E-state index contributed by atoms with van der Waals surface area (Å²) >= 11 is 0. The van der Waals surface area contributed by atoms with E-state index in [9.17, 15) is 13.2 Å². The summed E-state index contributed by atoms with van der Waals surface area (Å²) in [6.45, 7) is 3.79. The van der Waals surface area contributed by atoms with Crippen LogP contribution in [0.2, 0.25) is 0 Å². The van der Waals surface area contributed by atoms with Gasteiger partial charge in [-0.3, -0.25) is 0 Å². The first kappa shape index (κ1) is 15.6. The lowest BCUT2D eigenvalue weighted by Gasteiger charge is -2.35. The number of hydrogen-bond donors (Lipinski definition) is 1. The summed E-state index contributed by atoms with van der Waals surface area (Å²) in [6.07, 6.45) is 0. The normalized spacial score (nSPS) is 13.2. The Morgan fingerprint density at radius 3 is 1.95 bits per heavy atom. The van der Waals surface area contributed by atoms with Crippen LogP contribution in [0, 0.1) is 17.5 Å². The lowest BCUT2D eigenvalue weighted by molar-refractivity contribution is 0.343. The van der Waals surface area contributed by atoms with E-state index in [4.69, 9.17) is 0 Å². The van der Waals surface area contributed by atoms with Crippen molar-refractivity contribution < 1.29 is 13.2 Å². The Bertz CT molecular complexity index is 600. The number of halogens is 3. The molecule has 1 N–H and O–H groups in total. The van der Waals surface area contributed by atoms with Crippen molar-refractivity contribution in [2.45, 2.75) is 25.3 Å². The van der Waals surface area contributed by atoms with E-state index in [0.29, 0.717) is 12.1 Å². The molecule has 21 heavy (non-hydrogen) atoms. The van der Waals surface area contributed by atoms with Crippen molar-refractivity contribution >= 4 is 0 Å². The van der Waals surface area contributed by atoms with Gasteiger partial charge in [-0.15, -0.1) is 0 Å². The van der Waals surface area contributed by atoms with E-state index in [1.165, 1.54) is 0 Å². The number of nitrogens with one attached hydrogen (secondary N) is 1. The predicted octanol–water partition coefficient (Wildman–Crippen LogP) is 4.34. The fourth-order valence-electron chi connectivity index (χ4n) is 2.73. The Balaban J connectivity index is 2.55. The van der Waals surface area contributed by atoms with E-state index in [1.54, 1.807) is 7.05 Å². The van der Waals surface area contributed by atoms with Crippen LogP contribution in [-0.2, 0) is 5.41 Å². The highest BCUT2D eigenvalue weighted by Crippen LogP contribution is 2.38. The van der Waals surface area contributed by atoms with Gasteiger partial charge in [0.05, 0.1) is 0 Å². The van der Waals surface area contributed by atoms with E-state index >= 15 is 0 Å². The van der Waals surface area contributed by atoms with Crippen LogP contribution >= 0.6 is 0 Å². The van der Waals surface area contributed by atoms with Gasteiger partial charge in [0, 0.05) is 29.2 Å². The maximum Gasteiger partial charge on any atom is 0.133 e. The van der Waals surface area contributed by atoms with Crippen molar-refractivity contribution in [3.8, 4) is 0 Å². The van der Waals surface area contributed by atoms with Gasteiger partial charge in [-0.25, -0.2) is 13.2 Å². The number of likely N-dealkylation sites (N-methyl/N-ethyl adjacent to an activating group) is 1. The Morgan fingerprint density at radius 2 is 1.48 bits per heavy atom. The van der Waals surface area contributed by atoms with E-state index < -0.39 is 28.9 Å². The third-order valence-electron chi connectivity index (χ3n) is 3.86. The molecule has 0 bridgehead atoms. The van der Waals surface area contributed by atoms with Crippen molar-refractivity contribution in [1.29, 1.82) is 0 Å². The molecule has 0 aliphatic carbocycles. The van der Waals surface area contributed by atoms with Gasteiger partial charge in [0.25, 0.3) is 0 Å². The standard InChI is InChI=1S/C17H18F3N/c1-17(2,11-7-5-4-6-8-11)16(21-3)15-13(19)9-12(18)10-14(15)20/h4-10,16,21H,1-3H3. The van der Waals surface area contributed by atoms with Crippen molar-refractivity contribution in [2.75, 3.05) is 7.05 Å². The molecule has 0 heterocycles. The summed E-state index contributed by atoms with van der Waals surface area (Å²) < 4.78 is 41.2. The van der Waals surface area contributed by atoms with Gasteiger partial charge in [0.2, 0.25) is 0 Å². The second kappa shape index (κ2) is 5.90. The predicted molar refractivity (Wildman–Crippen MR) is 77.6 cm³/mol. The lowest BCUT2D eigenvalue weighted by atomic mass is 9.74. The van der Waals surface area contributed by atoms with Gasteiger partial charge < -0.3 is 5.32 Å². The van der Waals surface area contributed by atoms with Crippen LogP contribution in [0.5, 0.6) is 0 Å². The zero-order valence-electron chi connectivity index (χ0n) is 12.3. The van der Waals surface area contributed by atoms with Gasteiger partial charge in [0.1, 0.15) is 17.5 Å². The zero-order valence-corrected chi connectivity index (χ0v) is 12.3. The SMILES string of the molecule is CNC(c1c(F)cc(F)cc1F)C(C)(C)c1ccccc1. The molecule has 0 fully saturated rings. The molecule has 0 aliphatic rings. The Morgan fingerprint density at radius 1 is 0.952 bits per heavy atom. The van der Waals surface area contributed by atoms with Crippen LogP contribution in [0.25, 0.3) is 0 Å². The molecule has 0 saturated heterocycles. The molecule has 4 heteroatoms. The molecule has 2 aromatic carbocycles. The minimum atomic E-state index is -0.916. The van der Waals surface area contributed by atoms with Crippen LogP contribution in [0.1, 0.15) is 31.0 Å². The number of benzene rings is 2. The molecule has 0 saturated carbocycles. The Kier molecular flexibility index (Phi) is 4.37.